The lowest BCUT2D eigenvalue weighted by Gasteiger charge is -2.23. The minimum atomic E-state index is -0.583. The number of rotatable bonds is 9. The van der Waals surface area contributed by atoms with Gasteiger partial charge in [-0.15, -0.1) is 0 Å². The second kappa shape index (κ2) is 13.9. The Bertz CT molecular complexity index is 573. The van der Waals surface area contributed by atoms with Crippen LogP contribution in [0.5, 0.6) is 0 Å². The Hall–Kier alpha value is -2.27. The van der Waals surface area contributed by atoms with Crippen LogP contribution in [-0.2, 0) is 16.0 Å². The highest BCUT2D eigenvalue weighted by molar-refractivity contribution is 7.98. The number of carbonyl (C=O) groups excluding carboxylic acids is 2. The Balaban J connectivity index is 0.00000326. The molecular weight excluding hydrogens is 364 g/mol. The largest absolute Gasteiger partial charge is 0.444 e. The number of hydrogen-bond donors (Lipinski definition) is 2. The van der Waals surface area contributed by atoms with Gasteiger partial charge < -0.3 is 15.4 Å². The predicted octanol–water partition coefficient (Wildman–Crippen LogP) is 3.41. The summed E-state index contributed by atoms with van der Waals surface area (Å²) in [4.78, 5) is 24.3. The molecule has 0 bridgehead atoms. The minimum absolute atomic E-state index is 0.159. The van der Waals surface area contributed by atoms with Crippen LogP contribution < -0.4 is 10.6 Å². The van der Waals surface area contributed by atoms with Crippen LogP contribution in [0.3, 0.4) is 0 Å². The molecular formula is C19H30N4O3S. The van der Waals surface area contributed by atoms with Crippen molar-refractivity contribution in [1.82, 2.24) is 10.6 Å². The standard InChI is InChI=1S/C19H30N2O3S.N2/c1-19(2,3)24-18(23)21-16(12-14-25-4)17(22)20-13-8-11-15-9-6-5-7-10-15;1-2/h5-7,9-10,16H,8,11-14H2,1-4H3,(H,20,22)(H,21,23);/t16-;/m1./s1. The van der Waals surface area contributed by atoms with E-state index in [0.717, 1.165) is 18.6 Å². The van der Waals surface area contributed by atoms with E-state index in [1.165, 1.54) is 5.56 Å². The third kappa shape index (κ3) is 12.7. The summed E-state index contributed by atoms with van der Waals surface area (Å²) in [6, 6.07) is 9.59. The average Bonchev–Trinajstić information content (AvgIpc) is 2.63. The van der Waals surface area contributed by atoms with E-state index in [9.17, 15) is 9.59 Å². The monoisotopic (exact) mass is 394 g/mol. The fraction of sp³-hybridized carbons (Fsp3) is 0.579. The van der Waals surface area contributed by atoms with Gasteiger partial charge in [0.1, 0.15) is 11.6 Å². The average molecular weight is 395 g/mol. The zero-order valence-electron chi connectivity index (χ0n) is 16.5. The summed E-state index contributed by atoms with van der Waals surface area (Å²) in [7, 11) is 0. The van der Waals surface area contributed by atoms with Crippen molar-refractivity contribution >= 4 is 23.8 Å². The zero-order chi connectivity index (χ0) is 20.7. The van der Waals surface area contributed by atoms with Crippen LogP contribution in [-0.4, -0.2) is 42.2 Å². The fourth-order valence-corrected chi connectivity index (χ4v) is 2.70. The van der Waals surface area contributed by atoms with Crippen LogP contribution >= 0.6 is 11.8 Å². The molecule has 150 valence electrons. The summed E-state index contributed by atoms with van der Waals surface area (Å²) in [6.45, 7) is 5.98. The van der Waals surface area contributed by atoms with Crippen molar-refractivity contribution in [3.05, 3.63) is 35.9 Å². The van der Waals surface area contributed by atoms with Crippen LogP contribution in [0.2, 0.25) is 0 Å². The molecule has 0 heterocycles. The zero-order valence-corrected chi connectivity index (χ0v) is 17.3. The third-order valence-electron chi connectivity index (χ3n) is 3.40. The summed E-state index contributed by atoms with van der Waals surface area (Å²) in [5.74, 6) is 0.630. The first-order valence-electron chi connectivity index (χ1n) is 8.82. The van der Waals surface area contributed by atoms with Crippen molar-refractivity contribution < 1.29 is 14.3 Å². The van der Waals surface area contributed by atoms with Crippen molar-refractivity contribution in [1.29, 1.82) is 10.8 Å². The van der Waals surface area contributed by atoms with Gasteiger partial charge in [0.25, 0.3) is 0 Å². The fourth-order valence-electron chi connectivity index (χ4n) is 2.23. The smallest absolute Gasteiger partial charge is 0.408 e. The van der Waals surface area contributed by atoms with Gasteiger partial charge in [-0.1, -0.05) is 30.3 Å². The normalized spacial score (nSPS) is 11.5. The molecule has 0 aliphatic rings. The van der Waals surface area contributed by atoms with Gasteiger partial charge in [0, 0.05) is 17.3 Å². The first-order chi connectivity index (χ1) is 12.8. The van der Waals surface area contributed by atoms with E-state index < -0.39 is 17.7 Å². The molecule has 1 aromatic rings. The highest BCUT2D eigenvalue weighted by Crippen LogP contribution is 2.08. The van der Waals surface area contributed by atoms with Gasteiger partial charge in [-0.05, 0) is 57.6 Å². The third-order valence-corrected chi connectivity index (χ3v) is 4.05. The number of nitrogens with zero attached hydrogens (tertiary/aromatic N) is 2. The number of nitrogens with one attached hydrogen (secondary N) is 2. The molecule has 0 aliphatic heterocycles. The highest BCUT2D eigenvalue weighted by Gasteiger charge is 2.23. The lowest BCUT2D eigenvalue weighted by atomic mass is 10.1. The first kappa shape index (κ1) is 24.7. The second-order valence-electron chi connectivity index (χ2n) is 6.86. The number of amides is 2. The maximum atomic E-state index is 12.4. The van der Waals surface area contributed by atoms with Gasteiger partial charge in [0.15, 0.2) is 0 Å². The molecule has 0 radical (unpaired) electrons. The molecule has 8 heteroatoms. The maximum absolute atomic E-state index is 12.4. The Kier molecular flexibility index (Phi) is 12.7. The summed E-state index contributed by atoms with van der Waals surface area (Å²) < 4.78 is 5.24. The minimum Gasteiger partial charge on any atom is -0.444 e. The summed E-state index contributed by atoms with van der Waals surface area (Å²) in [6.07, 6.45) is 3.76. The van der Waals surface area contributed by atoms with Crippen LogP contribution in [0.1, 0.15) is 39.2 Å². The summed E-state index contributed by atoms with van der Waals surface area (Å²) in [5.41, 5.74) is 0.669. The molecule has 0 saturated heterocycles. The Morgan fingerprint density at radius 2 is 1.81 bits per heavy atom. The van der Waals surface area contributed by atoms with E-state index in [0.29, 0.717) is 13.0 Å². The molecule has 2 amide bonds. The molecule has 1 rings (SSSR count). The number of aryl methyl sites for hydroxylation is 1. The molecule has 0 saturated carbocycles. The molecule has 0 fully saturated rings. The molecule has 0 spiro atoms. The van der Waals surface area contributed by atoms with Gasteiger partial charge in [0.2, 0.25) is 5.91 Å². The molecule has 27 heavy (non-hydrogen) atoms. The first-order valence-corrected chi connectivity index (χ1v) is 10.2. The van der Waals surface area contributed by atoms with E-state index in [-0.39, 0.29) is 5.91 Å². The van der Waals surface area contributed by atoms with Crippen LogP contribution in [0.4, 0.5) is 4.79 Å². The van der Waals surface area contributed by atoms with Crippen molar-refractivity contribution in [2.45, 2.75) is 51.7 Å². The molecule has 7 nitrogen and oxygen atoms in total. The molecule has 1 atom stereocenters. The van der Waals surface area contributed by atoms with Crippen molar-refractivity contribution in [2.75, 3.05) is 18.6 Å². The van der Waals surface area contributed by atoms with E-state index in [1.54, 1.807) is 32.5 Å². The van der Waals surface area contributed by atoms with Gasteiger partial charge in [-0.3, -0.25) is 4.79 Å². The molecule has 1 aromatic carbocycles. The van der Waals surface area contributed by atoms with Crippen LogP contribution in [0, 0.1) is 10.8 Å². The SMILES string of the molecule is CSCC[C@@H](NC(=O)OC(C)(C)C)C(=O)NCCCc1ccccc1.N#N. The number of carbonyl (C=O) groups is 2. The topological polar surface area (TPSA) is 115 Å². The number of thioether (sulfide) groups is 1. The molecule has 0 unspecified atom stereocenters. The lowest BCUT2D eigenvalue weighted by Crippen LogP contribution is -2.48. The molecule has 0 aromatic heterocycles. The van der Waals surface area contributed by atoms with E-state index in [1.807, 2.05) is 24.5 Å². The van der Waals surface area contributed by atoms with Crippen LogP contribution in [0.25, 0.3) is 0 Å². The highest BCUT2D eigenvalue weighted by atomic mass is 32.2. The van der Waals surface area contributed by atoms with E-state index in [4.69, 9.17) is 15.5 Å². The Labute approximate surface area is 166 Å². The van der Waals surface area contributed by atoms with Crippen molar-refractivity contribution in [3.63, 3.8) is 0 Å². The molecule has 2 N–H and O–H groups in total. The van der Waals surface area contributed by atoms with Crippen LogP contribution in [0.15, 0.2) is 30.3 Å². The van der Waals surface area contributed by atoms with Gasteiger partial charge >= 0.3 is 6.09 Å². The molecule has 0 aliphatic carbocycles. The number of hydrogen-bond acceptors (Lipinski definition) is 6. The van der Waals surface area contributed by atoms with E-state index in [2.05, 4.69) is 22.8 Å². The number of benzene rings is 1. The van der Waals surface area contributed by atoms with Gasteiger partial charge in [-0.25, -0.2) is 4.79 Å². The predicted molar refractivity (Wildman–Crippen MR) is 107 cm³/mol. The summed E-state index contributed by atoms with van der Waals surface area (Å²) in [5, 5.41) is 17.6. The van der Waals surface area contributed by atoms with Crippen molar-refractivity contribution in [2.24, 2.45) is 0 Å². The Morgan fingerprint density at radius 3 is 2.37 bits per heavy atom. The van der Waals surface area contributed by atoms with E-state index >= 15 is 0 Å². The summed E-state index contributed by atoms with van der Waals surface area (Å²) >= 11 is 1.64. The number of alkyl carbamates (subject to hydrolysis) is 1. The Morgan fingerprint density at radius 1 is 1.19 bits per heavy atom. The van der Waals surface area contributed by atoms with Crippen molar-refractivity contribution in [3.8, 4) is 0 Å². The maximum Gasteiger partial charge on any atom is 0.408 e. The second-order valence-corrected chi connectivity index (χ2v) is 7.85. The lowest BCUT2D eigenvalue weighted by molar-refractivity contribution is -0.123. The van der Waals surface area contributed by atoms with Gasteiger partial charge in [0.05, 0.1) is 0 Å². The number of ether oxygens (including phenoxy) is 1. The van der Waals surface area contributed by atoms with Gasteiger partial charge in [-0.2, -0.15) is 11.8 Å². The quantitative estimate of drug-likeness (QED) is 0.490.